The maximum absolute atomic E-state index is 5.50. The van der Waals surface area contributed by atoms with Crippen LogP contribution >= 0.6 is 0 Å². The summed E-state index contributed by atoms with van der Waals surface area (Å²) < 4.78 is 5.50. The average molecular weight is 263 g/mol. The highest BCUT2D eigenvalue weighted by molar-refractivity contribution is 5.42. The summed E-state index contributed by atoms with van der Waals surface area (Å²) in [5, 5.41) is 3.45. The molecule has 1 aromatic heterocycles. The van der Waals surface area contributed by atoms with Crippen molar-refractivity contribution in [2.75, 3.05) is 37.7 Å². The molecule has 0 spiro atoms. The Balaban J connectivity index is 2.06. The standard InChI is InChI=1S/C15H25N3O/c1-3-5-16-12-14-10-13(2)17-15(11-14)18-6-4-8-19-9-7-18/h10-11,16H,3-9,12H2,1-2H3. The molecule has 0 atom stereocenters. The molecule has 0 aromatic carbocycles. The Labute approximate surface area is 116 Å². The Bertz CT molecular complexity index is 387. The zero-order chi connectivity index (χ0) is 13.5. The largest absolute Gasteiger partial charge is 0.380 e. The molecule has 1 aliphatic heterocycles. The minimum absolute atomic E-state index is 0.805. The summed E-state index contributed by atoms with van der Waals surface area (Å²) in [6, 6.07) is 4.38. The van der Waals surface area contributed by atoms with E-state index in [2.05, 4.69) is 41.2 Å². The molecule has 0 unspecified atom stereocenters. The zero-order valence-corrected chi connectivity index (χ0v) is 12.1. The van der Waals surface area contributed by atoms with Gasteiger partial charge in [-0.25, -0.2) is 4.98 Å². The van der Waals surface area contributed by atoms with Gasteiger partial charge in [0, 0.05) is 31.9 Å². The monoisotopic (exact) mass is 263 g/mol. The van der Waals surface area contributed by atoms with E-state index in [1.807, 2.05) is 0 Å². The summed E-state index contributed by atoms with van der Waals surface area (Å²) in [5.41, 5.74) is 2.41. The number of aromatic nitrogens is 1. The van der Waals surface area contributed by atoms with Crippen LogP contribution in [0, 0.1) is 6.92 Å². The van der Waals surface area contributed by atoms with Crippen LogP contribution in [0.1, 0.15) is 31.0 Å². The Morgan fingerprint density at radius 2 is 2.21 bits per heavy atom. The van der Waals surface area contributed by atoms with E-state index in [9.17, 15) is 0 Å². The lowest BCUT2D eigenvalue weighted by atomic mass is 10.2. The van der Waals surface area contributed by atoms with Gasteiger partial charge in [0.05, 0.1) is 6.61 Å². The molecule has 1 aliphatic rings. The van der Waals surface area contributed by atoms with Gasteiger partial charge in [-0.3, -0.25) is 0 Å². The normalized spacial score (nSPS) is 16.4. The molecule has 106 valence electrons. The van der Waals surface area contributed by atoms with Crippen molar-refractivity contribution in [3.63, 3.8) is 0 Å². The lowest BCUT2D eigenvalue weighted by Gasteiger charge is -2.22. The molecule has 19 heavy (non-hydrogen) atoms. The highest BCUT2D eigenvalue weighted by atomic mass is 16.5. The van der Waals surface area contributed by atoms with Crippen LogP contribution in [0.5, 0.6) is 0 Å². The van der Waals surface area contributed by atoms with Gasteiger partial charge in [-0.2, -0.15) is 0 Å². The van der Waals surface area contributed by atoms with Gasteiger partial charge in [0.25, 0.3) is 0 Å². The summed E-state index contributed by atoms with van der Waals surface area (Å²) in [7, 11) is 0. The van der Waals surface area contributed by atoms with Crippen molar-refractivity contribution in [3.8, 4) is 0 Å². The lowest BCUT2D eigenvalue weighted by molar-refractivity contribution is 0.152. The van der Waals surface area contributed by atoms with Crippen LogP contribution in [0.25, 0.3) is 0 Å². The summed E-state index contributed by atoms with van der Waals surface area (Å²) in [6.07, 6.45) is 2.25. The summed E-state index contributed by atoms with van der Waals surface area (Å²) in [6.45, 7) is 9.90. The molecule has 1 fully saturated rings. The van der Waals surface area contributed by atoms with Gasteiger partial charge in [0.15, 0.2) is 0 Å². The molecule has 1 saturated heterocycles. The van der Waals surface area contributed by atoms with E-state index in [4.69, 9.17) is 4.74 Å². The van der Waals surface area contributed by atoms with Crippen molar-refractivity contribution in [3.05, 3.63) is 23.4 Å². The molecule has 0 aliphatic carbocycles. The van der Waals surface area contributed by atoms with Crippen LogP contribution in [-0.4, -0.2) is 37.8 Å². The van der Waals surface area contributed by atoms with Crippen LogP contribution in [0.2, 0.25) is 0 Å². The second kappa shape index (κ2) is 7.46. The molecule has 0 saturated carbocycles. The number of nitrogens with one attached hydrogen (secondary N) is 1. The number of ether oxygens (including phenoxy) is 1. The Morgan fingerprint density at radius 1 is 1.32 bits per heavy atom. The molecule has 0 radical (unpaired) electrons. The van der Waals surface area contributed by atoms with Gasteiger partial charge in [-0.15, -0.1) is 0 Å². The number of anilines is 1. The fraction of sp³-hybridized carbons (Fsp3) is 0.667. The van der Waals surface area contributed by atoms with Crippen LogP contribution in [0.3, 0.4) is 0 Å². The number of hydrogen-bond acceptors (Lipinski definition) is 4. The number of rotatable bonds is 5. The predicted octanol–water partition coefficient (Wildman–Crippen LogP) is 2.12. The van der Waals surface area contributed by atoms with Crippen molar-refractivity contribution >= 4 is 5.82 Å². The number of pyridine rings is 1. The molecule has 2 rings (SSSR count). The van der Waals surface area contributed by atoms with Crippen LogP contribution in [-0.2, 0) is 11.3 Å². The third-order valence-electron chi connectivity index (χ3n) is 3.30. The fourth-order valence-corrected chi connectivity index (χ4v) is 2.37. The lowest BCUT2D eigenvalue weighted by Crippen LogP contribution is -2.27. The summed E-state index contributed by atoms with van der Waals surface area (Å²) >= 11 is 0. The highest BCUT2D eigenvalue weighted by Crippen LogP contribution is 2.16. The minimum Gasteiger partial charge on any atom is -0.380 e. The first kappa shape index (κ1) is 14.3. The van der Waals surface area contributed by atoms with Crippen molar-refractivity contribution in [2.45, 2.75) is 33.2 Å². The molecule has 0 amide bonds. The molecule has 4 heteroatoms. The first-order valence-corrected chi connectivity index (χ1v) is 7.30. The van der Waals surface area contributed by atoms with Crippen LogP contribution < -0.4 is 10.2 Å². The average Bonchev–Trinajstić information content (AvgIpc) is 2.67. The van der Waals surface area contributed by atoms with E-state index < -0.39 is 0 Å². The van der Waals surface area contributed by atoms with Crippen LogP contribution in [0.15, 0.2) is 12.1 Å². The topological polar surface area (TPSA) is 37.4 Å². The highest BCUT2D eigenvalue weighted by Gasteiger charge is 2.12. The zero-order valence-electron chi connectivity index (χ0n) is 12.1. The van der Waals surface area contributed by atoms with Crippen molar-refractivity contribution < 1.29 is 4.74 Å². The van der Waals surface area contributed by atoms with Crippen LogP contribution in [0.4, 0.5) is 5.82 Å². The maximum Gasteiger partial charge on any atom is 0.129 e. The van der Waals surface area contributed by atoms with Gasteiger partial charge in [-0.1, -0.05) is 6.92 Å². The van der Waals surface area contributed by atoms with Gasteiger partial charge in [0.1, 0.15) is 5.82 Å². The molecule has 0 bridgehead atoms. The smallest absolute Gasteiger partial charge is 0.129 e. The van der Waals surface area contributed by atoms with Crippen molar-refractivity contribution in [1.82, 2.24) is 10.3 Å². The Morgan fingerprint density at radius 3 is 3.05 bits per heavy atom. The molecular weight excluding hydrogens is 238 g/mol. The molecular formula is C15H25N3O. The second-order valence-electron chi connectivity index (χ2n) is 5.10. The SMILES string of the molecule is CCCNCc1cc(C)nc(N2CCCOCC2)c1. The third kappa shape index (κ3) is 4.48. The van der Waals surface area contributed by atoms with Gasteiger partial charge in [-0.05, 0) is 44.0 Å². The number of nitrogens with zero attached hydrogens (tertiary/aromatic N) is 2. The molecule has 4 nitrogen and oxygen atoms in total. The van der Waals surface area contributed by atoms with Crippen molar-refractivity contribution in [2.24, 2.45) is 0 Å². The summed E-state index contributed by atoms with van der Waals surface area (Å²) in [4.78, 5) is 7.01. The van der Waals surface area contributed by atoms with E-state index in [0.29, 0.717) is 0 Å². The molecule has 1 N–H and O–H groups in total. The first-order valence-electron chi connectivity index (χ1n) is 7.30. The fourth-order valence-electron chi connectivity index (χ4n) is 2.37. The van der Waals surface area contributed by atoms with E-state index in [-0.39, 0.29) is 0 Å². The van der Waals surface area contributed by atoms with E-state index in [1.165, 1.54) is 12.0 Å². The molecule has 1 aromatic rings. The Hall–Kier alpha value is -1.13. The van der Waals surface area contributed by atoms with E-state index in [1.54, 1.807) is 0 Å². The van der Waals surface area contributed by atoms with Gasteiger partial charge < -0.3 is 15.0 Å². The van der Waals surface area contributed by atoms with E-state index >= 15 is 0 Å². The van der Waals surface area contributed by atoms with Gasteiger partial charge in [0.2, 0.25) is 0 Å². The number of aryl methyl sites for hydroxylation is 1. The maximum atomic E-state index is 5.50. The van der Waals surface area contributed by atoms with E-state index in [0.717, 1.165) is 57.3 Å². The molecule has 2 heterocycles. The minimum atomic E-state index is 0.805. The third-order valence-corrected chi connectivity index (χ3v) is 3.30. The number of hydrogen-bond donors (Lipinski definition) is 1. The second-order valence-corrected chi connectivity index (χ2v) is 5.10. The summed E-state index contributed by atoms with van der Waals surface area (Å²) in [5.74, 6) is 1.10. The van der Waals surface area contributed by atoms with Gasteiger partial charge >= 0.3 is 0 Å². The Kier molecular flexibility index (Phi) is 5.61. The first-order chi connectivity index (χ1) is 9.29. The quantitative estimate of drug-likeness (QED) is 0.826. The predicted molar refractivity (Wildman–Crippen MR) is 78.6 cm³/mol. The van der Waals surface area contributed by atoms with Crippen molar-refractivity contribution in [1.29, 1.82) is 0 Å².